The van der Waals surface area contributed by atoms with Crippen molar-refractivity contribution in [2.45, 2.75) is 26.0 Å². The first kappa shape index (κ1) is 19.0. The Labute approximate surface area is 146 Å². The topological polar surface area (TPSA) is 109 Å². The minimum atomic E-state index is -0.339. The second-order valence-electron chi connectivity index (χ2n) is 5.85. The van der Waals surface area contributed by atoms with Crippen LogP contribution in [-0.2, 0) is 11.3 Å². The molecule has 0 aliphatic rings. The molecule has 24 heavy (non-hydrogen) atoms. The molecule has 0 radical (unpaired) electrons. The van der Waals surface area contributed by atoms with Crippen LogP contribution in [0.2, 0.25) is 0 Å². The van der Waals surface area contributed by atoms with Crippen molar-refractivity contribution in [1.82, 2.24) is 20.3 Å². The summed E-state index contributed by atoms with van der Waals surface area (Å²) in [6.07, 6.45) is 4.08. The number of aliphatic hydroxyl groups excluding tert-OH is 1. The monoisotopic (exact) mass is 353 g/mol. The van der Waals surface area contributed by atoms with Crippen molar-refractivity contribution in [1.29, 1.82) is 0 Å². The van der Waals surface area contributed by atoms with Gasteiger partial charge >= 0.3 is 0 Å². The zero-order valence-electron chi connectivity index (χ0n) is 14.3. The Morgan fingerprint density at radius 1 is 1.46 bits per heavy atom. The minimum Gasteiger partial charge on any atom is -0.393 e. The number of nitrogen functional groups attached to an aromatic ring is 1. The van der Waals surface area contributed by atoms with Gasteiger partial charge in [0.25, 0.3) is 0 Å². The van der Waals surface area contributed by atoms with Crippen molar-refractivity contribution in [2.24, 2.45) is 5.92 Å². The lowest BCUT2D eigenvalue weighted by molar-refractivity contribution is 0.136. The maximum Gasteiger partial charge on any atom is 0.151 e. The fraction of sp³-hybridized carbons (Fsp3) is 0.625. The van der Waals surface area contributed by atoms with Crippen molar-refractivity contribution < 1.29 is 9.84 Å². The number of nitrogens with two attached hydrogens (primary N) is 1. The van der Waals surface area contributed by atoms with Crippen molar-refractivity contribution in [3.8, 4) is 0 Å². The third-order valence-electron chi connectivity index (χ3n) is 3.94. The van der Waals surface area contributed by atoms with E-state index < -0.39 is 0 Å². The van der Waals surface area contributed by atoms with E-state index in [1.807, 2.05) is 24.9 Å². The second kappa shape index (κ2) is 9.83. The van der Waals surface area contributed by atoms with Crippen LogP contribution < -0.4 is 11.1 Å². The van der Waals surface area contributed by atoms with Gasteiger partial charge in [-0.1, -0.05) is 0 Å². The maximum atomic E-state index is 9.96. The first-order chi connectivity index (χ1) is 11.6. The molecule has 8 heteroatoms. The average molecular weight is 353 g/mol. The molecule has 0 saturated carbocycles. The highest BCUT2D eigenvalue weighted by molar-refractivity contribution is 7.99. The van der Waals surface area contributed by atoms with Crippen LogP contribution in [0.5, 0.6) is 0 Å². The quantitative estimate of drug-likeness (QED) is 0.452. The first-order valence-corrected chi connectivity index (χ1v) is 9.30. The molecule has 0 aromatic carbocycles. The van der Waals surface area contributed by atoms with Gasteiger partial charge in [0.05, 0.1) is 11.6 Å². The van der Waals surface area contributed by atoms with E-state index in [9.17, 15) is 5.11 Å². The molecule has 0 aliphatic carbocycles. The van der Waals surface area contributed by atoms with Crippen LogP contribution in [0.3, 0.4) is 0 Å². The van der Waals surface area contributed by atoms with Crippen molar-refractivity contribution in [2.75, 3.05) is 37.5 Å². The summed E-state index contributed by atoms with van der Waals surface area (Å²) in [5, 5.41) is 13.4. The number of nitrogens with one attached hydrogen (secondary N) is 2. The summed E-state index contributed by atoms with van der Waals surface area (Å²) in [6, 6.07) is 0. The van der Waals surface area contributed by atoms with Gasteiger partial charge in [0.2, 0.25) is 0 Å². The summed E-state index contributed by atoms with van der Waals surface area (Å²) in [5.74, 6) is 2.65. The summed E-state index contributed by atoms with van der Waals surface area (Å²) < 4.78 is 5.05. The van der Waals surface area contributed by atoms with Gasteiger partial charge in [-0.25, -0.2) is 9.97 Å². The van der Waals surface area contributed by atoms with Gasteiger partial charge in [-0.3, -0.25) is 0 Å². The number of hydrogen-bond acceptors (Lipinski definition) is 7. The van der Waals surface area contributed by atoms with Gasteiger partial charge in [-0.15, -0.1) is 0 Å². The Morgan fingerprint density at radius 2 is 2.29 bits per heavy atom. The summed E-state index contributed by atoms with van der Waals surface area (Å²) >= 11 is 1.86. The smallest absolute Gasteiger partial charge is 0.151 e. The van der Waals surface area contributed by atoms with E-state index in [-0.39, 0.29) is 12.0 Å². The minimum absolute atomic E-state index is 0.211. The number of methoxy groups -OCH3 is 1. The lowest BCUT2D eigenvalue weighted by atomic mass is 10.1. The summed E-state index contributed by atoms with van der Waals surface area (Å²) in [4.78, 5) is 11.4. The Morgan fingerprint density at radius 3 is 3.04 bits per heavy atom. The van der Waals surface area contributed by atoms with E-state index in [2.05, 4.69) is 20.3 Å². The number of nitrogens with zero attached hydrogens (tertiary/aromatic N) is 2. The predicted molar refractivity (Wildman–Crippen MR) is 99.0 cm³/mol. The molecule has 0 aliphatic heterocycles. The highest BCUT2D eigenvalue weighted by Crippen LogP contribution is 2.19. The Balaban J connectivity index is 1.80. The largest absolute Gasteiger partial charge is 0.393 e. The van der Waals surface area contributed by atoms with Crippen LogP contribution in [0.4, 0.5) is 5.82 Å². The van der Waals surface area contributed by atoms with Crippen LogP contribution in [0, 0.1) is 5.92 Å². The Bertz CT molecular complexity index is 620. The fourth-order valence-corrected chi connectivity index (χ4v) is 3.64. The molecule has 0 amide bonds. The zero-order chi connectivity index (χ0) is 17.4. The van der Waals surface area contributed by atoms with E-state index >= 15 is 0 Å². The van der Waals surface area contributed by atoms with Gasteiger partial charge in [0.1, 0.15) is 11.8 Å². The van der Waals surface area contributed by atoms with Gasteiger partial charge in [-0.05, 0) is 24.9 Å². The molecule has 134 valence electrons. The number of aliphatic hydroxyl groups is 1. The summed E-state index contributed by atoms with van der Waals surface area (Å²) in [7, 11) is 1.72. The van der Waals surface area contributed by atoms with Gasteiger partial charge in [0, 0.05) is 44.5 Å². The number of H-pyrrole nitrogens is 1. The molecule has 0 fully saturated rings. The SMILES string of the molecule is COCCCSCC(CNCc1c[nH]c2c(N)ncnc12)C(C)O. The fourth-order valence-electron chi connectivity index (χ4n) is 2.45. The number of hydrogen-bond donors (Lipinski definition) is 4. The molecule has 2 atom stereocenters. The lowest BCUT2D eigenvalue weighted by Gasteiger charge is -2.20. The molecule has 0 saturated heterocycles. The van der Waals surface area contributed by atoms with Crippen molar-refractivity contribution in [3.63, 3.8) is 0 Å². The van der Waals surface area contributed by atoms with Gasteiger partial charge in [0.15, 0.2) is 5.82 Å². The van der Waals surface area contributed by atoms with E-state index in [0.717, 1.165) is 47.7 Å². The summed E-state index contributed by atoms with van der Waals surface area (Å²) in [6.45, 7) is 4.06. The van der Waals surface area contributed by atoms with Gasteiger partial charge < -0.3 is 25.9 Å². The molecular weight excluding hydrogens is 326 g/mol. The van der Waals surface area contributed by atoms with Gasteiger partial charge in [-0.2, -0.15) is 11.8 Å². The predicted octanol–water partition coefficient (Wildman–Crippen LogP) is 1.40. The number of anilines is 1. The molecule has 0 bridgehead atoms. The molecule has 2 unspecified atom stereocenters. The third-order valence-corrected chi connectivity index (χ3v) is 5.19. The third kappa shape index (κ3) is 5.34. The number of fused-ring (bicyclic) bond motifs is 1. The van der Waals surface area contributed by atoms with Crippen LogP contribution >= 0.6 is 11.8 Å². The van der Waals surface area contributed by atoms with Crippen LogP contribution in [0.25, 0.3) is 11.0 Å². The van der Waals surface area contributed by atoms with E-state index in [4.69, 9.17) is 10.5 Å². The second-order valence-corrected chi connectivity index (χ2v) is 7.00. The first-order valence-electron chi connectivity index (χ1n) is 8.15. The number of aromatic nitrogens is 3. The number of aromatic amines is 1. The molecule has 2 aromatic heterocycles. The summed E-state index contributed by atoms with van der Waals surface area (Å²) in [5.41, 5.74) is 8.50. The van der Waals surface area contributed by atoms with Crippen LogP contribution in [0.1, 0.15) is 18.9 Å². The average Bonchev–Trinajstić information content (AvgIpc) is 2.97. The van der Waals surface area contributed by atoms with Crippen LogP contribution in [-0.4, -0.2) is 57.9 Å². The van der Waals surface area contributed by atoms with E-state index in [1.54, 1.807) is 7.11 Å². The highest BCUT2D eigenvalue weighted by atomic mass is 32.2. The lowest BCUT2D eigenvalue weighted by Crippen LogP contribution is -2.31. The molecular formula is C16H27N5O2S. The number of thioether (sulfide) groups is 1. The van der Waals surface area contributed by atoms with Crippen LogP contribution in [0.15, 0.2) is 12.5 Å². The number of rotatable bonds is 11. The molecule has 0 spiro atoms. The molecule has 2 rings (SSSR count). The standard InChI is InChI=1S/C16H27N5O2S/c1-11(22)13(9-24-5-3-4-23-2)7-18-6-12-8-19-15-14(12)20-10-21-16(15)17/h8,10-11,13,18-19,22H,3-7,9H2,1-2H3,(H2,17,20,21). The number of ether oxygens (including phenoxy) is 1. The normalized spacial score (nSPS) is 14.1. The zero-order valence-corrected chi connectivity index (χ0v) is 15.1. The van der Waals surface area contributed by atoms with E-state index in [0.29, 0.717) is 12.4 Å². The molecule has 2 heterocycles. The van der Waals surface area contributed by atoms with E-state index in [1.165, 1.54) is 6.33 Å². The molecule has 7 nitrogen and oxygen atoms in total. The maximum absolute atomic E-state index is 9.96. The Kier molecular flexibility index (Phi) is 7.77. The van der Waals surface area contributed by atoms with Crippen molar-refractivity contribution >= 4 is 28.6 Å². The highest BCUT2D eigenvalue weighted by Gasteiger charge is 2.15. The molecule has 5 N–H and O–H groups in total. The van der Waals surface area contributed by atoms with Crippen molar-refractivity contribution in [3.05, 3.63) is 18.1 Å². The molecule has 2 aromatic rings. The Hall–Kier alpha value is -1.35.